The van der Waals surface area contributed by atoms with Crippen LogP contribution in [0.25, 0.3) is 0 Å². The second-order valence-corrected chi connectivity index (χ2v) is 5.53. The Bertz CT molecular complexity index is 601. The molecule has 22 heavy (non-hydrogen) atoms. The zero-order chi connectivity index (χ0) is 15.2. The van der Waals surface area contributed by atoms with Crippen LogP contribution in [0.4, 0.5) is 5.95 Å². The lowest BCUT2D eigenvalue weighted by Gasteiger charge is -2.26. The average molecular weight is 323 g/mol. The van der Waals surface area contributed by atoms with Crippen LogP contribution in [0.1, 0.15) is 4.88 Å². The summed E-state index contributed by atoms with van der Waals surface area (Å²) in [5.41, 5.74) is 0. The molecule has 8 heteroatoms. The molecular formula is C14H17N3O4S. The molecule has 0 unspecified atom stereocenters. The second kappa shape index (κ2) is 7.50. The van der Waals surface area contributed by atoms with Gasteiger partial charge in [-0.15, -0.1) is 11.3 Å². The van der Waals surface area contributed by atoms with Crippen molar-refractivity contribution in [1.29, 1.82) is 0 Å². The van der Waals surface area contributed by atoms with E-state index in [1.54, 1.807) is 23.6 Å². The van der Waals surface area contributed by atoms with Crippen molar-refractivity contribution in [1.82, 2.24) is 9.97 Å². The Labute approximate surface area is 132 Å². The van der Waals surface area contributed by atoms with Gasteiger partial charge in [0.05, 0.1) is 25.2 Å². The Morgan fingerprint density at radius 3 is 3.00 bits per heavy atom. The van der Waals surface area contributed by atoms with Crippen molar-refractivity contribution >= 4 is 17.3 Å². The summed E-state index contributed by atoms with van der Waals surface area (Å²) in [4.78, 5) is 21.4. The molecule has 0 aromatic carbocycles. The van der Waals surface area contributed by atoms with Crippen molar-refractivity contribution in [3.05, 3.63) is 28.6 Å². The van der Waals surface area contributed by atoms with Crippen molar-refractivity contribution in [2.24, 2.45) is 0 Å². The van der Waals surface area contributed by atoms with E-state index in [2.05, 4.69) is 19.8 Å². The first-order valence-corrected chi connectivity index (χ1v) is 7.80. The molecule has 3 rings (SSSR count). The second-order valence-electron chi connectivity index (χ2n) is 4.53. The molecular weight excluding hydrogens is 306 g/mol. The molecule has 1 aliphatic heterocycles. The molecule has 0 saturated carbocycles. The number of hydrogen-bond acceptors (Lipinski definition) is 8. The van der Waals surface area contributed by atoms with Gasteiger partial charge in [-0.1, -0.05) is 0 Å². The average Bonchev–Trinajstić information content (AvgIpc) is 3.01. The number of anilines is 1. The van der Waals surface area contributed by atoms with Gasteiger partial charge in [0.1, 0.15) is 12.4 Å². The molecule has 1 fully saturated rings. The van der Waals surface area contributed by atoms with Gasteiger partial charge in [-0.05, 0) is 11.4 Å². The maximum Gasteiger partial charge on any atom is 0.228 e. The van der Waals surface area contributed by atoms with Gasteiger partial charge in [0.15, 0.2) is 0 Å². The van der Waals surface area contributed by atoms with Crippen LogP contribution in [0.5, 0.6) is 11.6 Å². The lowest BCUT2D eigenvalue weighted by atomic mass is 10.4. The van der Waals surface area contributed by atoms with E-state index in [0.29, 0.717) is 37.4 Å². The van der Waals surface area contributed by atoms with E-state index >= 15 is 0 Å². The Morgan fingerprint density at radius 2 is 2.18 bits per heavy atom. The molecule has 2 aromatic rings. The Hall–Kier alpha value is -1.74. The van der Waals surface area contributed by atoms with Crippen LogP contribution in [0, 0.1) is 0 Å². The molecule has 0 amide bonds. The smallest absolute Gasteiger partial charge is 0.228 e. The lowest BCUT2D eigenvalue weighted by Crippen LogP contribution is -2.37. The minimum atomic E-state index is 0.338. The maximum absolute atomic E-state index is 5.84. The lowest BCUT2D eigenvalue weighted by molar-refractivity contribution is -0.281. The van der Waals surface area contributed by atoms with Crippen LogP contribution in [0.15, 0.2) is 23.7 Å². The van der Waals surface area contributed by atoms with Crippen LogP contribution in [0.2, 0.25) is 0 Å². The first-order chi connectivity index (χ1) is 10.9. The van der Waals surface area contributed by atoms with E-state index in [-0.39, 0.29) is 0 Å². The van der Waals surface area contributed by atoms with Crippen LogP contribution in [-0.2, 0) is 21.1 Å². The van der Waals surface area contributed by atoms with Crippen LogP contribution < -0.4 is 9.64 Å². The number of morpholine rings is 1. The summed E-state index contributed by atoms with van der Waals surface area (Å²) in [5, 5.41) is 1.94. The van der Waals surface area contributed by atoms with Gasteiger partial charge in [-0.25, -0.2) is 14.8 Å². The van der Waals surface area contributed by atoms with E-state index in [1.807, 2.05) is 11.4 Å². The van der Waals surface area contributed by atoms with E-state index < -0.39 is 0 Å². The number of rotatable bonds is 6. The highest BCUT2D eigenvalue weighted by Crippen LogP contribution is 2.30. The topological polar surface area (TPSA) is 65.9 Å². The third-order valence-corrected chi connectivity index (χ3v) is 4.01. The van der Waals surface area contributed by atoms with E-state index in [0.717, 1.165) is 18.0 Å². The molecule has 118 valence electrons. The largest absolute Gasteiger partial charge is 0.438 e. The number of aromatic nitrogens is 2. The van der Waals surface area contributed by atoms with Gasteiger partial charge >= 0.3 is 0 Å². The minimum Gasteiger partial charge on any atom is -0.438 e. The Morgan fingerprint density at radius 1 is 1.32 bits per heavy atom. The summed E-state index contributed by atoms with van der Waals surface area (Å²) in [6.45, 7) is 3.30. The van der Waals surface area contributed by atoms with E-state index in [1.165, 1.54) is 7.11 Å². The fourth-order valence-electron chi connectivity index (χ4n) is 2.06. The highest BCUT2D eigenvalue weighted by molar-refractivity contribution is 7.10. The predicted molar refractivity (Wildman–Crippen MR) is 81.3 cm³/mol. The quantitative estimate of drug-likeness (QED) is 0.596. The van der Waals surface area contributed by atoms with Gasteiger partial charge < -0.3 is 14.4 Å². The Kier molecular flexibility index (Phi) is 5.17. The molecule has 2 aromatic heterocycles. The number of ether oxygens (including phenoxy) is 2. The molecule has 1 saturated heterocycles. The van der Waals surface area contributed by atoms with Crippen molar-refractivity contribution in [3.63, 3.8) is 0 Å². The first-order valence-electron chi connectivity index (χ1n) is 6.92. The maximum atomic E-state index is 5.84. The summed E-state index contributed by atoms with van der Waals surface area (Å²) in [7, 11) is 1.48. The molecule has 7 nitrogen and oxygen atoms in total. The van der Waals surface area contributed by atoms with Crippen LogP contribution >= 0.6 is 11.3 Å². The van der Waals surface area contributed by atoms with Crippen LogP contribution in [-0.4, -0.2) is 43.4 Å². The molecule has 0 radical (unpaired) electrons. The SMILES string of the molecule is COOCc1sccc1Oc1ccnc(N2CCOCC2)n1. The Balaban J connectivity index is 1.71. The van der Waals surface area contributed by atoms with Gasteiger partial charge in [-0.3, -0.25) is 0 Å². The molecule has 0 atom stereocenters. The van der Waals surface area contributed by atoms with Crippen molar-refractivity contribution in [3.8, 4) is 11.6 Å². The first kappa shape index (κ1) is 15.2. The number of thiophene rings is 1. The van der Waals surface area contributed by atoms with E-state index in [4.69, 9.17) is 14.4 Å². The zero-order valence-electron chi connectivity index (χ0n) is 12.2. The van der Waals surface area contributed by atoms with Gasteiger partial charge in [0.25, 0.3) is 0 Å². The summed E-state index contributed by atoms with van der Waals surface area (Å²) in [6.07, 6.45) is 1.70. The van der Waals surface area contributed by atoms with Crippen molar-refractivity contribution < 1.29 is 19.2 Å². The molecule has 0 aliphatic carbocycles. The van der Waals surface area contributed by atoms with Gasteiger partial charge in [-0.2, -0.15) is 4.98 Å². The summed E-state index contributed by atoms with van der Waals surface area (Å²) in [6, 6.07) is 3.62. The summed E-state index contributed by atoms with van der Waals surface area (Å²) >= 11 is 1.54. The van der Waals surface area contributed by atoms with Gasteiger partial charge in [0.2, 0.25) is 11.8 Å². The van der Waals surface area contributed by atoms with Gasteiger partial charge in [0, 0.05) is 25.4 Å². The monoisotopic (exact) mass is 323 g/mol. The third kappa shape index (κ3) is 3.72. The summed E-state index contributed by atoms with van der Waals surface area (Å²) in [5.74, 6) is 1.88. The standard InChI is InChI=1S/C14H17N3O4S/c1-18-20-10-12-11(3-9-22-12)21-13-2-4-15-14(16-13)17-5-7-19-8-6-17/h2-4,9H,5-8,10H2,1H3. The highest BCUT2D eigenvalue weighted by atomic mass is 32.1. The molecule has 0 spiro atoms. The summed E-state index contributed by atoms with van der Waals surface area (Å²) < 4.78 is 11.2. The molecule has 1 aliphatic rings. The van der Waals surface area contributed by atoms with Crippen molar-refractivity contribution in [2.75, 3.05) is 38.3 Å². The fourth-order valence-corrected chi connectivity index (χ4v) is 2.75. The van der Waals surface area contributed by atoms with Crippen LogP contribution in [0.3, 0.4) is 0 Å². The van der Waals surface area contributed by atoms with Crippen molar-refractivity contribution in [2.45, 2.75) is 6.61 Å². The minimum absolute atomic E-state index is 0.338. The van der Waals surface area contributed by atoms with E-state index in [9.17, 15) is 0 Å². The molecule has 3 heterocycles. The number of hydrogen-bond donors (Lipinski definition) is 0. The predicted octanol–water partition coefficient (Wildman–Crippen LogP) is 2.25. The molecule has 0 bridgehead atoms. The fraction of sp³-hybridized carbons (Fsp3) is 0.429. The molecule has 0 N–H and O–H groups in total. The zero-order valence-corrected chi connectivity index (χ0v) is 13.0. The third-order valence-electron chi connectivity index (χ3n) is 3.14. The number of nitrogens with zero attached hydrogens (tertiary/aromatic N) is 3. The normalized spacial score (nSPS) is 15.0. The highest BCUT2D eigenvalue weighted by Gasteiger charge is 2.15.